The molecule has 19 heavy (non-hydrogen) atoms. The number of amides is 1. The lowest BCUT2D eigenvalue weighted by molar-refractivity contribution is -0.123. The summed E-state index contributed by atoms with van der Waals surface area (Å²) >= 11 is 1.44. The molecule has 1 unspecified atom stereocenters. The Morgan fingerprint density at radius 2 is 2.16 bits per heavy atom. The van der Waals surface area contributed by atoms with Crippen molar-refractivity contribution in [2.45, 2.75) is 19.0 Å². The number of rotatable bonds is 4. The molecule has 0 fully saturated rings. The first kappa shape index (κ1) is 13.7. The maximum atomic E-state index is 13.1. The van der Waals surface area contributed by atoms with Gasteiger partial charge in [0.2, 0.25) is 5.91 Å². The first-order chi connectivity index (χ1) is 9.08. The lowest BCUT2D eigenvalue weighted by Gasteiger charge is -2.17. The number of nitrogens with two attached hydrogens (primary N) is 1. The Bertz CT molecular complexity index is 556. The average molecular weight is 278 g/mol. The van der Waals surface area contributed by atoms with E-state index in [1.54, 1.807) is 19.1 Å². The summed E-state index contributed by atoms with van der Waals surface area (Å²) in [5.74, 6) is -0.583. The number of carbonyl (C=O) groups excluding carboxylic acids is 1. The molecule has 3 nitrogen and oxygen atoms in total. The van der Waals surface area contributed by atoms with Gasteiger partial charge in [0.25, 0.3) is 0 Å². The highest BCUT2D eigenvalue weighted by molar-refractivity contribution is 7.10. The van der Waals surface area contributed by atoms with Crippen molar-refractivity contribution >= 4 is 17.2 Å². The monoisotopic (exact) mass is 278 g/mol. The number of halogens is 1. The fraction of sp³-hybridized carbons (Fsp3) is 0.214. The molecule has 2 aromatic rings. The van der Waals surface area contributed by atoms with Crippen molar-refractivity contribution in [1.29, 1.82) is 0 Å². The second-order valence-electron chi connectivity index (χ2n) is 4.28. The summed E-state index contributed by atoms with van der Waals surface area (Å²) in [6.45, 7) is 1.80. The first-order valence-corrected chi connectivity index (χ1v) is 6.80. The maximum absolute atomic E-state index is 13.1. The quantitative estimate of drug-likeness (QED) is 0.903. The second-order valence-corrected chi connectivity index (χ2v) is 5.26. The summed E-state index contributed by atoms with van der Waals surface area (Å²) in [5, 5.41) is 4.66. The Kier molecular flexibility index (Phi) is 4.29. The van der Waals surface area contributed by atoms with Crippen molar-refractivity contribution in [3.63, 3.8) is 0 Å². The normalized spacial score (nSPS) is 13.8. The van der Waals surface area contributed by atoms with Gasteiger partial charge in [0, 0.05) is 4.88 Å². The van der Waals surface area contributed by atoms with Crippen LogP contribution >= 0.6 is 11.3 Å². The Hall–Kier alpha value is -1.72. The van der Waals surface area contributed by atoms with Crippen molar-refractivity contribution in [3.05, 3.63) is 58.0 Å². The summed E-state index contributed by atoms with van der Waals surface area (Å²) in [6, 6.07) is 8.87. The molecule has 2 rings (SSSR count). The van der Waals surface area contributed by atoms with Crippen molar-refractivity contribution in [2.24, 2.45) is 5.73 Å². The van der Waals surface area contributed by atoms with E-state index in [2.05, 4.69) is 5.32 Å². The molecule has 1 heterocycles. The molecule has 0 radical (unpaired) electrons. The molecular weight excluding hydrogens is 263 g/mol. The minimum absolute atomic E-state index is 0.265. The minimum Gasteiger partial charge on any atom is -0.348 e. The van der Waals surface area contributed by atoms with Crippen LogP contribution < -0.4 is 11.1 Å². The van der Waals surface area contributed by atoms with Crippen LogP contribution in [-0.2, 0) is 4.79 Å². The van der Waals surface area contributed by atoms with E-state index < -0.39 is 6.04 Å². The van der Waals surface area contributed by atoms with Crippen LogP contribution in [0.15, 0.2) is 41.8 Å². The molecule has 5 heteroatoms. The third-order valence-corrected chi connectivity index (χ3v) is 3.80. The zero-order valence-electron chi connectivity index (χ0n) is 10.5. The first-order valence-electron chi connectivity index (χ1n) is 5.93. The van der Waals surface area contributed by atoms with Gasteiger partial charge < -0.3 is 11.1 Å². The molecule has 1 amide bonds. The summed E-state index contributed by atoms with van der Waals surface area (Å²) in [5.41, 5.74) is 6.58. The smallest absolute Gasteiger partial charge is 0.242 e. The van der Waals surface area contributed by atoms with Crippen LogP contribution in [0, 0.1) is 5.82 Å². The molecule has 0 aliphatic rings. The zero-order valence-corrected chi connectivity index (χ0v) is 11.3. The van der Waals surface area contributed by atoms with Crippen LogP contribution in [0.2, 0.25) is 0 Å². The Labute approximate surface area is 115 Å². The summed E-state index contributed by atoms with van der Waals surface area (Å²) in [4.78, 5) is 12.8. The van der Waals surface area contributed by atoms with Gasteiger partial charge in [-0.3, -0.25) is 4.79 Å². The molecule has 0 bridgehead atoms. The molecule has 3 N–H and O–H groups in total. The fourth-order valence-corrected chi connectivity index (χ4v) is 2.48. The van der Waals surface area contributed by atoms with Crippen molar-refractivity contribution < 1.29 is 9.18 Å². The van der Waals surface area contributed by atoms with Crippen LogP contribution in [0.4, 0.5) is 4.39 Å². The number of hydrogen-bond donors (Lipinski definition) is 2. The third-order valence-electron chi connectivity index (χ3n) is 2.84. The molecule has 0 aliphatic carbocycles. The predicted molar refractivity (Wildman–Crippen MR) is 74.2 cm³/mol. The molecular formula is C14H15FN2OS. The molecule has 0 spiro atoms. The predicted octanol–water partition coefficient (Wildman–Crippen LogP) is 2.76. The van der Waals surface area contributed by atoms with Crippen molar-refractivity contribution in [1.82, 2.24) is 5.32 Å². The van der Waals surface area contributed by atoms with Crippen LogP contribution in [0.25, 0.3) is 0 Å². The Balaban J connectivity index is 2.03. The summed E-state index contributed by atoms with van der Waals surface area (Å²) in [6.07, 6.45) is 0. The lowest BCUT2D eigenvalue weighted by atomic mass is 10.1. The number of carbonyl (C=O) groups is 1. The van der Waals surface area contributed by atoms with Gasteiger partial charge in [-0.2, -0.15) is 0 Å². The second kappa shape index (κ2) is 5.95. The number of benzene rings is 1. The van der Waals surface area contributed by atoms with Crippen LogP contribution in [0.1, 0.15) is 29.4 Å². The topological polar surface area (TPSA) is 55.1 Å². The average Bonchev–Trinajstić information content (AvgIpc) is 2.91. The van der Waals surface area contributed by atoms with Gasteiger partial charge in [0.05, 0.1) is 6.04 Å². The SMILES string of the molecule is C[C@@H](NC(=O)C(N)c1cccs1)c1cccc(F)c1. The van der Waals surface area contributed by atoms with E-state index in [1.807, 2.05) is 17.5 Å². The van der Waals surface area contributed by atoms with E-state index >= 15 is 0 Å². The van der Waals surface area contributed by atoms with E-state index in [0.717, 1.165) is 4.88 Å². The molecule has 0 saturated carbocycles. The standard InChI is InChI=1S/C14H15FN2OS/c1-9(10-4-2-5-11(15)8-10)17-14(18)13(16)12-6-3-7-19-12/h2-9,13H,16H2,1H3,(H,17,18)/t9-,13?/m1/s1. The zero-order chi connectivity index (χ0) is 13.8. The van der Waals surface area contributed by atoms with E-state index in [1.165, 1.54) is 23.5 Å². The van der Waals surface area contributed by atoms with Gasteiger partial charge in [-0.1, -0.05) is 18.2 Å². The van der Waals surface area contributed by atoms with Crippen LogP contribution in [-0.4, -0.2) is 5.91 Å². The number of thiophene rings is 1. The molecule has 2 atom stereocenters. The van der Waals surface area contributed by atoms with Gasteiger partial charge in [0.1, 0.15) is 11.9 Å². The minimum atomic E-state index is -0.684. The highest BCUT2D eigenvalue weighted by Crippen LogP contribution is 2.19. The third kappa shape index (κ3) is 3.39. The van der Waals surface area contributed by atoms with Crippen LogP contribution in [0.5, 0.6) is 0 Å². The van der Waals surface area contributed by atoms with E-state index in [9.17, 15) is 9.18 Å². The van der Waals surface area contributed by atoms with Gasteiger partial charge in [-0.05, 0) is 36.1 Å². The van der Waals surface area contributed by atoms with Gasteiger partial charge >= 0.3 is 0 Å². The fourth-order valence-electron chi connectivity index (χ4n) is 1.76. The summed E-state index contributed by atoms with van der Waals surface area (Å²) < 4.78 is 13.1. The largest absolute Gasteiger partial charge is 0.348 e. The van der Waals surface area contributed by atoms with Crippen molar-refractivity contribution in [2.75, 3.05) is 0 Å². The molecule has 0 saturated heterocycles. The van der Waals surface area contributed by atoms with E-state index in [0.29, 0.717) is 5.56 Å². The summed E-state index contributed by atoms with van der Waals surface area (Å²) in [7, 11) is 0. The number of nitrogens with one attached hydrogen (secondary N) is 1. The Morgan fingerprint density at radius 3 is 2.79 bits per heavy atom. The molecule has 0 aliphatic heterocycles. The van der Waals surface area contributed by atoms with Gasteiger partial charge in [-0.25, -0.2) is 4.39 Å². The lowest BCUT2D eigenvalue weighted by Crippen LogP contribution is -2.35. The van der Waals surface area contributed by atoms with E-state index in [4.69, 9.17) is 5.73 Å². The molecule has 100 valence electrons. The number of hydrogen-bond acceptors (Lipinski definition) is 3. The van der Waals surface area contributed by atoms with Crippen LogP contribution in [0.3, 0.4) is 0 Å². The highest BCUT2D eigenvalue weighted by atomic mass is 32.1. The van der Waals surface area contributed by atoms with Gasteiger partial charge in [0.15, 0.2) is 0 Å². The Morgan fingerprint density at radius 1 is 1.37 bits per heavy atom. The van der Waals surface area contributed by atoms with Crippen molar-refractivity contribution in [3.8, 4) is 0 Å². The van der Waals surface area contributed by atoms with E-state index in [-0.39, 0.29) is 17.8 Å². The maximum Gasteiger partial charge on any atom is 0.242 e. The molecule has 1 aromatic carbocycles. The molecule has 1 aromatic heterocycles. The highest BCUT2D eigenvalue weighted by Gasteiger charge is 2.19. The van der Waals surface area contributed by atoms with Gasteiger partial charge in [-0.15, -0.1) is 11.3 Å².